The van der Waals surface area contributed by atoms with Crippen molar-refractivity contribution in [3.8, 4) is 5.75 Å². The highest BCUT2D eigenvalue weighted by Gasteiger charge is 2.36. The van der Waals surface area contributed by atoms with E-state index in [2.05, 4.69) is 12.1 Å². The molecule has 0 spiro atoms. The van der Waals surface area contributed by atoms with Gasteiger partial charge in [0, 0.05) is 0 Å². The van der Waals surface area contributed by atoms with Crippen LogP contribution in [0.2, 0.25) is 5.02 Å². The summed E-state index contributed by atoms with van der Waals surface area (Å²) in [6.07, 6.45) is 0.0273. The lowest BCUT2D eigenvalue weighted by molar-refractivity contribution is 0.161. The Bertz CT molecular complexity index is 564. The fourth-order valence-corrected chi connectivity index (χ4v) is 2.23. The largest absolute Gasteiger partial charge is 0.481 e. The van der Waals surface area contributed by atoms with Crippen LogP contribution in [-0.2, 0) is 4.74 Å². The van der Waals surface area contributed by atoms with E-state index in [4.69, 9.17) is 21.1 Å². The van der Waals surface area contributed by atoms with Gasteiger partial charge in [-0.15, -0.1) is 0 Å². The van der Waals surface area contributed by atoms with Gasteiger partial charge in [-0.1, -0.05) is 48.0 Å². The molecule has 3 heteroatoms. The number of benzene rings is 2. The molecule has 0 bridgehead atoms. The van der Waals surface area contributed by atoms with E-state index in [1.54, 1.807) is 0 Å². The van der Waals surface area contributed by atoms with Crippen molar-refractivity contribution in [2.75, 3.05) is 6.61 Å². The van der Waals surface area contributed by atoms with Crippen LogP contribution in [0, 0.1) is 6.92 Å². The molecule has 2 aromatic rings. The molecule has 19 heavy (non-hydrogen) atoms. The molecular formula is C16H15ClO2. The maximum Gasteiger partial charge on any atom is 0.152 e. The Labute approximate surface area is 117 Å². The van der Waals surface area contributed by atoms with Crippen molar-refractivity contribution in [2.24, 2.45) is 0 Å². The van der Waals surface area contributed by atoms with Gasteiger partial charge in [0.2, 0.25) is 0 Å². The van der Waals surface area contributed by atoms with Gasteiger partial charge in [0.1, 0.15) is 11.9 Å². The van der Waals surface area contributed by atoms with Gasteiger partial charge in [-0.25, -0.2) is 0 Å². The van der Waals surface area contributed by atoms with E-state index in [1.165, 1.54) is 0 Å². The summed E-state index contributed by atoms with van der Waals surface area (Å²) in [5, 5.41) is 0.632. The summed E-state index contributed by atoms with van der Waals surface area (Å²) in [4.78, 5) is 0. The minimum absolute atomic E-state index is 0.0968. The summed E-state index contributed by atoms with van der Waals surface area (Å²) in [5.74, 6) is 0.714. The van der Waals surface area contributed by atoms with Crippen molar-refractivity contribution >= 4 is 11.6 Å². The molecule has 0 amide bonds. The number of epoxide rings is 1. The average molecular weight is 275 g/mol. The Morgan fingerprint density at radius 1 is 1.21 bits per heavy atom. The van der Waals surface area contributed by atoms with Gasteiger partial charge in [0.05, 0.1) is 11.6 Å². The maximum atomic E-state index is 6.19. The molecule has 0 N–H and O–H groups in total. The Hall–Kier alpha value is -1.51. The number of rotatable bonds is 4. The predicted molar refractivity (Wildman–Crippen MR) is 75.7 cm³/mol. The highest BCUT2D eigenvalue weighted by atomic mass is 35.5. The number of aryl methyl sites for hydroxylation is 1. The average Bonchev–Trinajstić information content (AvgIpc) is 3.25. The molecule has 2 nitrogen and oxygen atoms in total. The number of ether oxygens (including phenoxy) is 2. The van der Waals surface area contributed by atoms with Gasteiger partial charge in [-0.05, 0) is 30.2 Å². The Balaban J connectivity index is 1.88. The van der Waals surface area contributed by atoms with Crippen LogP contribution >= 0.6 is 11.6 Å². The third-order valence-electron chi connectivity index (χ3n) is 3.17. The summed E-state index contributed by atoms with van der Waals surface area (Å²) in [7, 11) is 0. The standard InChI is InChI=1S/C16H15ClO2/c1-11-7-8-13(17)14(9-11)19-16(15-10-18-15)12-5-3-2-4-6-12/h2-9,15-16H,10H2,1H3. The highest BCUT2D eigenvalue weighted by Crippen LogP contribution is 2.35. The molecule has 0 radical (unpaired) electrons. The van der Waals surface area contributed by atoms with Crippen molar-refractivity contribution < 1.29 is 9.47 Å². The number of hydrogen-bond donors (Lipinski definition) is 0. The second-order valence-corrected chi connectivity index (χ2v) is 5.16. The fourth-order valence-electron chi connectivity index (χ4n) is 2.07. The Kier molecular flexibility index (Phi) is 3.45. The molecule has 1 saturated heterocycles. The Morgan fingerprint density at radius 3 is 2.63 bits per heavy atom. The lowest BCUT2D eigenvalue weighted by Crippen LogP contribution is -2.14. The van der Waals surface area contributed by atoms with Crippen molar-refractivity contribution in [3.05, 3.63) is 64.7 Å². The molecule has 1 aliphatic heterocycles. The second-order valence-electron chi connectivity index (χ2n) is 4.75. The zero-order chi connectivity index (χ0) is 13.2. The van der Waals surface area contributed by atoms with E-state index in [0.29, 0.717) is 10.8 Å². The normalized spacial score (nSPS) is 18.9. The van der Waals surface area contributed by atoms with Crippen molar-refractivity contribution in [3.63, 3.8) is 0 Å². The van der Waals surface area contributed by atoms with Crippen LogP contribution < -0.4 is 4.74 Å². The minimum Gasteiger partial charge on any atom is -0.481 e. The van der Waals surface area contributed by atoms with E-state index >= 15 is 0 Å². The molecule has 3 rings (SSSR count). The highest BCUT2D eigenvalue weighted by molar-refractivity contribution is 6.32. The molecule has 1 fully saturated rings. The van der Waals surface area contributed by atoms with Gasteiger partial charge >= 0.3 is 0 Å². The molecule has 98 valence electrons. The second kappa shape index (κ2) is 5.24. The van der Waals surface area contributed by atoms with Crippen LogP contribution in [0.15, 0.2) is 48.5 Å². The third-order valence-corrected chi connectivity index (χ3v) is 3.48. The number of hydrogen-bond acceptors (Lipinski definition) is 2. The molecule has 0 saturated carbocycles. The number of halogens is 1. The topological polar surface area (TPSA) is 21.8 Å². The van der Waals surface area contributed by atoms with E-state index < -0.39 is 0 Å². The first-order chi connectivity index (χ1) is 9.24. The lowest BCUT2D eigenvalue weighted by atomic mass is 10.1. The molecule has 1 aliphatic rings. The van der Waals surface area contributed by atoms with Crippen LogP contribution in [0.3, 0.4) is 0 Å². The van der Waals surface area contributed by atoms with E-state index in [0.717, 1.165) is 17.7 Å². The zero-order valence-electron chi connectivity index (χ0n) is 10.7. The van der Waals surface area contributed by atoms with Crippen molar-refractivity contribution in [1.29, 1.82) is 0 Å². The first-order valence-electron chi connectivity index (χ1n) is 6.33. The first-order valence-corrected chi connectivity index (χ1v) is 6.71. The van der Waals surface area contributed by atoms with E-state index in [9.17, 15) is 0 Å². The van der Waals surface area contributed by atoms with Gasteiger partial charge in [-0.2, -0.15) is 0 Å². The maximum absolute atomic E-state index is 6.19. The lowest BCUT2D eigenvalue weighted by Gasteiger charge is -2.19. The minimum atomic E-state index is -0.0968. The molecule has 0 aromatic heterocycles. The van der Waals surface area contributed by atoms with Crippen molar-refractivity contribution in [2.45, 2.75) is 19.1 Å². The molecule has 2 aromatic carbocycles. The van der Waals surface area contributed by atoms with E-state index in [1.807, 2.05) is 43.3 Å². The van der Waals surface area contributed by atoms with Crippen LogP contribution in [-0.4, -0.2) is 12.7 Å². The van der Waals surface area contributed by atoms with Gasteiger partial charge in [0.15, 0.2) is 6.10 Å². The van der Waals surface area contributed by atoms with Gasteiger partial charge < -0.3 is 9.47 Å². The third kappa shape index (κ3) is 2.91. The molecule has 2 atom stereocenters. The van der Waals surface area contributed by atoms with Gasteiger partial charge in [-0.3, -0.25) is 0 Å². The zero-order valence-corrected chi connectivity index (χ0v) is 11.4. The molecule has 2 unspecified atom stereocenters. The molecule has 1 heterocycles. The monoisotopic (exact) mass is 274 g/mol. The Morgan fingerprint density at radius 2 is 1.95 bits per heavy atom. The summed E-state index contributed by atoms with van der Waals surface area (Å²) in [6.45, 7) is 2.76. The van der Waals surface area contributed by atoms with Crippen LogP contribution in [0.25, 0.3) is 0 Å². The van der Waals surface area contributed by atoms with Crippen LogP contribution in [0.5, 0.6) is 5.75 Å². The molecule has 0 aliphatic carbocycles. The molecular weight excluding hydrogens is 260 g/mol. The van der Waals surface area contributed by atoms with Crippen molar-refractivity contribution in [1.82, 2.24) is 0 Å². The fraction of sp³-hybridized carbons (Fsp3) is 0.250. The van der Waals surface area contributed by atoms with Crippen LogP contribution in [0.1, 0.15) is 17.2 Å². The summed E-state index contributed by atoms with van der Waals surface area (Å²) in [6, 6.07) is 15.9. The first kappa shape index (κ1) is 12.5. The van der Waals surface area contributed by atoms with Crippen LogP contribution in [0.4, 0.5) is 0 Å². The van der Waals surface area contributed by atoms with Gasteiger partial charge in [0.25, 0.3) is 0 Å². The quantitative estimate of drug-likeness (QED) is 0.781. The predicted octanol–water partition coefficient (Wildman–Crippen LogP) is 4.17. The smallest absolute Gasteiger partial charge is 0.152 e. The SMILES string of the molecule is Cc1ccc(Cl)c(OC(c2ccccc2)C2CO2)c1. The summed E-state index contributed by atoms with van der Waals surface area (Å²) >= 11 is 6.19. The summed E-state index contributed by atoms with van der Waals surface area (Å²) < 4.78 is 11.5. The summed E-state index contributed by atoms with van der Waals surface area (Å²) in [5.41, 5.74) is 2.24. The van der Waals surface area contributed by atoms with E-state index in [-0.39, 0.29) is 12.2 Å².